The number of ether oxygens (including phenoxy) is 1. The lowest BCUT2D eigenvalue weighted by Gasteiger charge is -2.36. The average molecular weight is 240 g/mol. The minimum absolute atomic E-state index is 0.0467. The summed E-state index contributed by atoms with van der Waals surface area (Å²) in [6.45, 7) is 6.20. The van der Waals surface area contributed by atoms with Crippen molar-refractivity contribution in [2.45, 2.75) is 32.2 Å². The number of hydrogen-bond donors (Lipinski definition) is 1. The number of likely N-dealkylation sites (tertiary alicyclic amines) is 1. The molecule has 2 fully saturated rings. The van der Waals surface area contributed by atoms with Gasteiger partial charge in [-0.1, -0.05) is 6.92 Å². The van der Waals surface area contributed by atoms with Crippen LogP contribution in [0.4, 0.5) is 0 Å². The quantitative estimate of drug-likeness (QED) is 0.724. The van der Waals surface area contributed by atoms with Gasteiger partial charge in [0, 0.05) is 19.1 Å². The van der Waals surface area contributed by atoms with Gasteiger partial charge in [-0.2, -0.15) is 0 Å². The van der Waals surface area contributed by atoms with E-state index in [-0.39, 0.29) is 11.9 Å². The smallest absolute Gasteiger partial charge is 0.310 e. The number of carbonyl (C=O) groups is 1. The summed E-state index contributed by atoms with van der Waals surface area (Å²) in [5.74, 6) is 0.885. The molecule has 0 spiro atoms. The van der Waals surface area contributed by atoms with Gasteiger partial charge in [-0.3, -0.25) is 4.79 Å². The molecule has 0 aromatic rings. The number of piperidine rings is 1. The van der Waals surface area contributed by atoms with Crippen molar-refractivity contribution in [3.05, 3.63) is 0 Å². The van der Waals surface area contributed by atoms with Crippen LogP contribution in [0.25, 0.3) is 0 Å². The Morgan fingerprint density at radius 3 is 2.76 bits per heavy atom. The molecule has 0 radical (unpaired) electrons. The Labute approximate surface area is 104 Å². The van der Waals surface area contributed by atoms with Gasteiger partial charge in [0.15, 0.2) is 0 Å². The zero-order valence-corrected chi connectivity index (χ0v) is 10.9. The van der Waals surface area contributed by atoms with Crippen LogP contribution in [-0.4, -0.2) is 50.2 Å². The van der Waals surface area contributed by atoms with E-state index in [1.807, 2.05) is 0 Å². The number of rotatable bonds is 5. The summed E-state index contributed by atoms with van der Waals surface area (Å²) in [7, 11) is 1.49. The fraction of sp³-hybridized carbons (Fsp3) is 0.923. The SMILES string of the molecule is CCN1CC(NCC2CC2)CC(C(=O)OC)C1. The molecule has 0 aromatic heterocycles. The number of nitrogens with one attached hydrogen (secondary N) is 1. The molecule has 4 heteroatoms. The van der Waals surface area contributed by atoms with Gasteiger partial charge in [-0.05, 0) is 38.3 Å². The molecule has 0 aromatic carbocycles. The molecule has 2 atom stereocenters. The van der Waals surface area contributed by atoms with E-state index in [1.165, 1.54) is 20.0 Å². The second-order valence-electron chi connectivity index (χ2n) is 5.36. The van der Waals surface area contributed by atoms with E-state index < -0.39 is 0 Å². The van der Waals surface area contributed by atoms with Crippen LogP contribution in [0.3, 0.4) is 0 Å². The van der Waals surface area contributed by atoms with Crippen molar-refractivity contribution in [3.8, 4) is 0 Å². The van der Waals surface area contributed by atoms with E-state index in [9.17, 15) is 4.79 Å². The Hall–Kier alpha value is -0.610. The monoisotopic (exact) mass is 240 g/mol. The third-order valence-electron chi connectivity index (χ3n) is 3.90. The summed E-state index contributed by atoms with van der Waals surface area (Å²) in [4.78, 5) is 14.0. The highest BCUT2D eigenvalue weighted by Crippen LogP contribution is 2.28. The molecule has 1 aliphatic carbocycles. The summed E-state index contributed by atoms with van der Waals surface area (Å²) >= 11 is 0. The second kappa shape index (κ2) is 5.83. The lowest BCUT2D eigenvalue weighted by Crippen LogP contribution is -2.51. The van der Waals surface area contributed by atoms with Crippen LogP contribution in [0.2, 0.25) is 0 Å². The van der Waals surface area contributed by atoms with Crippen LogP contribution < -0.4 is 5.32 Å². The van der Waals surface area contributed by atoms with E-state index >= 15 is 0 Å². The fourth-order valence-corrected chi connectivity index (χ4v) is 2.59. The zero-order valence-electron chi connectivity index (χ0n) is 10.9. The molecule has 1 heterocycles. The summed E-state index contributed by atoms with van der Waals surface area (Å²) in [6.07, 6.45) is 3.67. The molecule has 1 saturated heterocycles. The highest BCUT2D eigenvalue weighted by Gasteiger charge is 2.32. The Morgan fingerprint density at radius 2 is 2.18 bits per heavy atom. The third-order valence-corrected chi connectivity index (χ3v) is 3.90. The summed E-state index contributed by atoms with van der Waals surface area (Å²) < 4.78 is 4.88. The van der Waals surface area contributed by atoms with Crippen molar-refractivity contribution in [3.63, 3.8) is 0 Å². The van der Waals surface area contributed by atoms with Gasteiger partial charge in [-0.25, -0.2) is 0 Å². The van der Waals surface area contributed by atoms with Gasteiger partial charge >= 0.3 is 5.97 Å². The van der Waals surface area contributed by atoms with Gasteiger partial charge in [0.05, 0.1) is 13.0 Å². The first-order valence-corrected chi connectivity index (χ1v) is 6.76. The van der Waals surface area contributed by atoms with Gasteiger partial charge < -0.3 is 15.0 Å². The van der Waals surface area contributed by atoms with Crippen molar-refractivity contribution < 1.29 is 9.53 Å². The molecule has 4 nitrogen and oxygen atoms in total. The van der Waals surface area contributed by atoms with Crippen LogP contribution in [0.1, 0.15) is 26.2 Å². The first-order chi connectivity index (χ1) is 8.22. The predicted octanol–water partition coefficient (Wildman–Crippen LogP) is 0.869. The van der Waals surface area contributed by atoms with Gasteiger partial charge in [-0.15, -0.1) is 0 Å². The first kappa shape index (κ1) is 12.8. The number of esters is 1. The average Bonchev–Trinajstić information content (AvgIpc) is 3.19. The third kappa shape index (κ3) is 3.68. The molecule has 17 heavy (non-hydrogen) atoms. The maximum absolute atomic E-state index is 11.6. The molecule has 98 valence electrons. The van der Waals surface area contributed by atoms with Crippen LogP contribution >= 0.6 is 0 Å². The number of carbonyl (C=O) groups excluding carboxylic acids is 1. The van der Waals surface area contributed by atoms with E-state index in [0.29, 0.717) is 6.04 Å². The molecule has 2 aliphatic rings. The zero-order chi connectivity index (χ0) is 12.3. The number of nitrogens with zero attached hydrogens (tertiary/aromatic N) is 1. The summed E-state index contributed by atoms with van der Waals surface area (Å²) in [6, 6.07) is 0.452. The Morgan fingerprint density at radius 1 is 1.41 bits per heavy atom. The van der Waals surface area contributed by atoms with E-state index in [1.54, 1.807) is 0 Å². The van der Waals surface area contributed by atoms with Crippen LogP contribution in [0.15, 0.2) is 0 Å². The second-order valence-corrected chi connectivity index (χ2v) is 5.36. The van der Waals surface area contributed by atoms with Crippen molar-refractivity contribution >= 4 is 5.97 Å². The molecular formula is C13H24N2O2. The lowest BCUT2D eigenvalue weighted by atomic mass is 9.94. The van der Waals surface area contributed by atoms with Crippen LogP contribution in [-0.2, 0) is 9.53 Å². The van der Waals surface area contributed by atoms with E-state index in [0.717, 1.165) is 38.5 Å². The number of hydrogen-bond acceptors (Lipinski definition) is 4. The molecular weight excluding hydrogens is 216 g/mol. The predicted molar refractivity (Wildman–Crippen MR) is 66.8 cm³/mol. The maximum Gasteiger partial charge on any atom is 0.310 e. The summed E-state index contributed by atoms with van der Waals surface area (Å²) in [5.41, 5.74) is 0. The van der Waals surface area contributed by atoms with Crippen LogP contribution in [0, 0.1) is 11.8 Å². The Kier molecular flexibility index (Phi) is 4.40. The van der Waals surface area contributed by atoms with Gasteiger partial charge in [0.2, 0.25) is 0 Å². The molecule has 0 bridgehead atoms. The van der Waals surface area contributed by atoms with Crippen molar-refractivity contribution in [1.29, 1.82) is 0 Å². The Balaban J connectivity index is 1.84. The van der Waals surface area contributed by atoms with Gasteiger partial charge in [0.1, 0.15) is 0 Å². The normalized spacial score (nSPS) is 30.2. The highest BCUT2D eigenvalue weighted by molar-refractivity contribution is 5.72. The fourth-order valence-electron chi connectivity index (χ4n) is 2.59. The molecule has 1 saturated carbocycles. The van der Waals surface area contributed by atoms with Crippen molar-refractivity contribution in [2.75, 3.05) is 33.3 Å². The van der Waals surface area contributed by atoms with Crippen molar-refractivity contribution in [2.24, 2.45) is 11.8 Å². The minimum Gasteiger partial charge on any atom is -0.469 e. The highest BCUT2D eigenvalue weighted by atomic mass is 16.5. The van der Waals surface area contributed by atoms with Crippen LogP contribution in [0.5, 0.6) is 0 Å². The van der Waals surface area contributed by atoms with Crippen molar-refractivity contribution in [1.82, 2.24) is 10.2 Å². The maximum atomic E-state index is 11.6. The largest absolute Gasteiger partial charge is 0.469 e. The summed E-state index contributed by atoms with van der Waals surface area (Å²) in [5, 5.41) is 3.61. The lowest BCUT2D eigenvalue weighted by molar-refractivity contribution is -0.147. The molecule has 1 aliphatic heterocycles. The molecule has 2 unspecified atom stereocenters. The topological polar surface area (TPSA) is 41.6 Å². The Bertz CT molecular complexity index is 266. The number of methoxy groups -OCH3 is 1. The first-order valence-electron chi connectivity index (χ1n) is 6.76. The number of likely N-dealkylation sites (N-methyl/N-ethyl adjacent to an activating group) is 1. The standard InChI is InChI=1S/C13H24N2O2/c1-3-15-8-11(13(16)17-2)6-12(9-15)14-7-10-4-5-10/h10-12,14H,3-9H2,1-2H3. The molecule has 0 amide bonds. The van der Waals surface area contributed by atoms with E-state index in [2.05, 4.69) is 17.1 Å². The van der Waals surface area contributed by atoms with Gasteiger partial charge in [0.25, 0.3) is 0 Å². The van der Waals surface area contributed by atoms with E-state index in [4.69, 9.17) is 4.74 Å². The molecule has 2 rings (SSSR count). The minimum atomic E-state index is -0.0543. The molecule has 1 N–H and O–H groups in total.